The van der Waals surface area contributed by atoms with Crippen molar-refractivity contribution < 1.29 is 17.9 Å². The summed E-state index contributed by atoms with van der Waals surface area (Å²) in [4.78, 5) is 14.5. The number of benzene rings is 1. The number of amides is 1. The molecule has 7 nitrogen and oxygen atoms in total. The molecule has 0 radical (unpaired) electrons. The van der Waals surface area contributed by atoms with Crippen LogP contribution in [0.25, 0.3) is 0 Å². The summed E-state index contributed by atoms with van der Waals surface area (Å²) < 4.78 is 32.3. The van der Waals surface area contributed by atoms with Crippen LogP contribution in [-0.4, -0.2) is 81.3 Å². The lowest BCUT2D eigenvalue weighted by atomic mass is 10.2. The number of ether oxygens (including phenoxy) is 1. The largest absolute Gasteiger partial charge is 0.379 e. The molecule has 28 heavy (non-hydrogen) atoms. The van der Waals surface area contributed by atoms with E-state index in [1.54, 1.807) is 29.2 Å². The standard InChI is InChI=1S/C19H30ClN3O4S/c1-16(2)27-14-3-10-22(19(24)17-4-6-18(20)7-5-17)13-15-28(25,26)23-11-8-21-9-12-23/h4-7,16,21H,3,8-15H2,1-2H3. The van der Waals surface area contributed by atoms with Crippen LogP contribution < -0.4 is 5.32 Å². The van der Waals surface area contributed by atoms with Crippen LogP contribution in [0.2, 0.25) is 5.02 Å². The van der Waals surface area contributed by atoms with Gasteiger partial charge in [-0.05, 0) is 44.5 Å². The number of carbonyl (C=O) groups is 1. The minimum absolute atomic E-state index is 0.0859. The fourth-order valence-corrected chi connectivity index (χ4v) is 4.52. The van der Waals surface area contributed by atoms with Crippen LogP contribution >= 0.6 is 11.6 Å². The zero-order valence-corrected chi connectivity index (χ0v) is 18.1. The van der Waals surface area contributed by atoms with Crippen molar-refractivity contribution in [2.24, 2.45) is 0 Å². The monoisotopic (exact) mass is 431 g/mol. The van der Waals surface area contributed by atoms with E-state index in [9.17, 15) is 13.2 Å². The molecule has 1 aliphatic heterocycles. The Hall–Kier alpha value is -1.19. The van der Waals surface area contributed by atoms with Crippen LogP contribution in [0.3, 0.4) is 0 Å². The van der Waals surface area contributed by atoms with E-state index >= 15 is 0 Å². The number of carbonyl (C=O) groups excluding carboxylic acids is 1. The zero-order chi connectivity index (χ0) is 20.6. The molecule has 1 aromatic rings. The number of nitrogens with one attached hydrogen (secondary N) is 1. The summed E-state index contributed by atoms with van der Waals surface area (Å²) in [6, 6.07) is 6.64. The molecule has 0 saturated carbocycles. The molecule has 0 unspecified atom stereocenters. The molecular weight excluding hydrogens is 402 g/mol. The molecule has 9 heteroatoms. The maximum atomic E-state index is 12.9. The minimum atomic E-state index is -3.40. The van der Waals surface area contributed by atoms with Crippen LogP contribution in [0.4, 0.5) is 0 Å². The number of piperazine rings is 1. The summed E-state index contributed by atoms with van der Waals surface area (Å²) >= 11 is 5.90. The van der Waals surface area contributed by atoms with Crippen molar-refractivity contribution in [1.29, 1.82) is 0 Å². The minimum Gasteiger partial charge on any atom is -0.379 e. The number of rotatable bonds is 10. The summed E-state index contributed by atoms with van der Waals surface area (Å²) in [6.45, 7) is 7.25. The first-order valence-electron chi connectivity index (χ1n) is 9.64. The topological polar surface area (TPSA) is 79.0 Å². The van der Waals surface area contributed by atoms with Gasteiger partial charge >= 0.3 is 0 Å². The van der Waals surface area contributed by atoms with Crippen molar-refractivity contribution in [2.75, 3.05) is 51.6 Å². The second-order valence-electron chi connectivity index (χ2n) is 7.04. The van der Waals surface area contributed by atoms with E-state index < -0.39 is 10.0 Å². The molecule has 1 amide bonds. The third-order valence-electron chi connectivity index (χ3n) is 4.49. The van der Waals surface area contributed by atoms with Gasteiger partial charge in [-0.2, -0.15) is 4.31 Å². The van der Waals surface area contributed by atoms with Crippen LogP contribution in [0.15, 0.2) is 24.3 Å². The third kappa shape index (κ3) is 7.33. The molecule has 1 aromatic carbocycles. The second-order valence-corrected chi connectivity index (χ2v) is 9.56. The van der Waals surface area contributed by atoms with Gasteiger partial charge in [0, 0.05) is 56.5 Å². The highest BCUT2D eigenvalue weighted by Gasteiger charge is 2.25. The average molecular weight is 432 g/mol. The van der Waals surface area contributed by atoms with Crippen LogP contribution in [-0.2, 0) is 14.8 Å². The van der Waals surface area contributed by atoms with Gasteiger partial charge in [0.1, 0.15) is 0 Å². The summed E-state index contributed by atoms with van der Waals surface area (Å²) in [7, 11) is -3.40. The predicted molar refractivity (Wildman–Crippen MR) is 111 cm³/mol. The Morgan fingerprint density at radius 3 is 2.46 bits per heavy atom. The van der Waals surface area contributed by atoms with Gasteiger partial charge in [0.25, 0.3) is 5.91 Å². The molecule has 0 aliphatic carbocycles. The maximum absolute atomic E-state index is 12.9. The van der Waals surface area contributed by atoms with E-state index in [-0.39, 0.29) is 24.3 Å². The molecular formula is C19H30ClN3O4S. The molecule has 1 aliphatic rings. The average Bonchev–Trinajstić information content (AvgIpc) is 2.68. The Morgan fingerprint density at radius 1 is 1.21 bits per heavy atom. The molecule has 1 fully saturated rings. The van der Waals surface area contributed by atoms with Crippen LogP contribution in [0.1, 0.15) is 30.6 Å². The molecule has 1 N–H and O–H groups in total. The van der Waals surface area contributed by atoms with Crippen molar-refractivity contribution in [3.05, 3.63) is 34.9 Å². The normalized spacial score (nSPS) is 15.7. The highest BCUT2D eigenvalue weighted by molar-refractivity contribution is 7.89. The molecule has 2 rings (SSSR count). The van der Waals surface area contributed by atoms with E-state index in [4.69, 9.17) is 16.3 Å². The number of nitrogens with zero attached hydrogens (tertiary/aromatic N) is 2. The van der Waals surface area contributed by atoms with Gasteiger partial charge in [-0.25, -0.2) is 8.42 Å². The van der Waals surface area contributed by atoms with E-state index in [2.05, 4.69) is 5.32 Å². The lowest BCUT2D eigenvalue weighted by Crippen LogP contribution is -2.48. The fourth-order valence-electron chi connectivity index (χ4n) is 2.94. The maximum Gasteiger partial charge on any atom is 0.253 e. The van der Waals surface area contributed by atoms with Crippen molar-refractivity contribution in [3.63, 3.8) is 0 Å². The molecule has 0 bridgehead atoms. The van der Waals surface area contributed by atoms with Gasteiger partial charge in [-0.1, -0.05) is 11.6 Å². The third-order valence-corrected chi connectivity index (χ3v) is 6.59. The predicted octanol–water partition coefficient (Wildman–Crippen LogP) is 1.83. The summed E-state index contributed by atoms with van der Waals surface area (Å²) in [5.41, 5.74) is 0.494. The van der Waals surface area contributed by atoms with Gasteiger partial charge in [0.15, 0.2) is 0 Å². The lowest BCUT2D eigenvalue weighted by Gasteiger charge is -2.28. The van der Waals surface area contributed by atoms with E-state index in [1.165, 1.54) is 4.31 Å². The van der Waals surface area contributed by atoms with Crippen molar-refractivity contribution >= 4 is 27.5 Å². The Bertz CT molecular complexity index is 719. The molecule has 1 heterocycles. The number of halogens is 1. The van der Waals surface area contributed by atoms with Gasteiger partial charge in [0.05, 0.1) is 11.9 Å². The fraction of sp³-hybridized carbons (Fsp3) is 0.632. The highest BCUT2D eigenvalue weighted by atomic mass is 35.5. The van der Waals surface area contributed by atoms with Crippen molar-refractivity contribution in [2.45, 2.75) is 26.4 Å². The molecule has 158 valence electrons. The van der Waals surface area contributed by atoms with Gasteiger partial charge in [-0.3, -0.25) is 4.79 Å². The lowest BCUT2D eigenvalue weighted by molar-refractivity contribution is 0.0625. The molecule has 0 spiro atoms. The molecule has 0 atom stereocenters. The van der Waals surface area contributed by atoms with Gasteiger partial charge in [0.2, 0.25) is 10.0 Å². The van der Waals surface area contributed by atoms with E-state index in [1.807, 2.05) is 13.8 Å². The molecule has 1 saturated heterocycles. The molecule has 0 aromatic heterocycles. The smallest absolute Gasteiger partial charge is 0.253 e. The Balaban J connectivity index is 2.02. The summed E-state index contributed by atoms with van der Waals surface area (Å²) in [5.74, 6) is -0.283. The SMILES string of the molecule is CC(C)OCCCN(CCS(=O)(=O)N1CCNCC1)C(=O)c1ccc(Cl)cc1. The Labute approximate surface area is 173 Å². The van der Waals surface area contributed by atoms with Crippen LogP contribution in [0.5, 0.6) is 0 Å². The highest BCUT2D eigenvalue weighted by Crippen LogP contribution is 2.13. The Morgan fingerprint density at radius 2 is 1.86 bits per heavy atom. The first-order valence-corrected chi connectivity index (χ1v) is 11.6. The van der Waals surface area contributed by atoms with Gasteiger partial charge < -0.3 is 15.0 Å². The zero-order valence-electron chi connectivity index (χ0n) is 16.6. The first-order chi connectivity index (χ1) is 13.3. The van der Waals surface area contributed by atoms with E-state index in [0.29, 0.717) is 56.3 Å². The Kier molecular flexibility index (Phi) is 9.17. The van der Waals surface area contributed by atoms with Gasteiger partial charge in [-0.15, -0.1) is 0 Å². The van der Waals surface area contributed by atoms with Crippen molar-refractivity contribution in [1.82, 2.24) is 14.5 Å². The quantitative estimate of drug-likeness (QED) is 0.572. The first kappa shape index (κ1) is 23.1. The number of sulfonamides is 1. The summed E-state index contributed by atoms with van der Waals surface area (Å²) in [5, 5.41) is 3.69. The van der Waals surface area contributed by atoms with E-state index in [0.717, 1.165) is 0 Å². The second kappa shape index (κ2) is 11.1. The van der Waals surface area contributed by atoms with Crippen molar-refractivity contribution in [3.8, 4) is 0 Å². The number of hydrogen-bond acceptors (Lipinski definition) is 5. The summed E-state index contributed by atoms with van der Waals surface area (Å²) in [6.07, 6.45) is 0.763. The van der Waals surface area contributed by atoms with Crippen LogP contribution in [0, 0.1) is 0 Å². The number of hydrogen-bond donors (Lipinski definition) is 1.